The van der Waals surface area contributed by atoms with Crippen molar-refractivity contribution in [3.05, 3.63) is 64.5 Å². The maximum absolute atomic E-state index is 12.7. The summed E-state index contributed by atoms with van der Waals surface area (Å²) in [5, 5.41) is 18.0. The van der Waals surface area contributed by atoms with Gasteiger partial charge in [0.25, 0.3) is 6.20 Å². The highest BCUT2D eigenvalue weighted by molar-refractivity contribution is 9.10. The first kappa shape index (κ1) is 19.8. The molecule has 146 valence electrons. The van der Waals surface area contributed by atoms with E-state index in [1.807, 2.05) is 31.2 Å². The maximum Gasteiger partial charge on any atom is 0.417 e. The molecule has 2 aromatic heterocycles. The van der Waals surface area contributed by atoms with E-state index in [1.165, 1.54) is 10.9 Å². The third-order valence-electron chi connectivity index (χ3n) is 3.75. The second-order valence-corrected chi connectivity index (χ2v) is 6.67. The molecule has 1 aromatic carbocycles. The molecule has 0 spiro atoms. The Morgan fingerprint density at radius 2 is 2.00 bits per heavy atom. The predicted molar refractivity (Wildman–Crippen MR) is 94.6 cm³/mol. The summed E-state index contributed by atoms with van der Waals surface area (Å²) in [5.74, 6) is -0.0959. The number of pyridine rings is 1. The molecule has 11 heteroatoms. The Balaban J connectivity index is 1.73. The molecule has 0 fully saturated rings. The van der Waals surface area contributed by atoms with Crippen LogP contribution in [0.4, 0.5) is 24.7 Å². The van der Waals surface area contributed by atoms with Gasteiger partial charge in [-0.1, -0.05) is 28.1 Å². The fraction of sp³-hybridized carbons (Fsp3) is 0.176. The van der Waals surface area contributed by atoms with Crippen LogP contribution in [0.25, 0.3) is 0 Å². The molecule has 0 radical (unpaired) electrons. The van der Waals surface area contributed by atoms with Gasteiger partial charge < -0.3 is 10.4 Å². The van der Waals surface area contributed by atoms with Crippen molar-refractivity contribution in [1.82, 2.24) is 10.3 Å². The first-order valence-electron chi connectivity index (χ1n) is 7.91. The molecule has 0 saturated heterocycles. The minimum atomic E-state index is -4.56. The highest BCUT2D eigenvalue weighted by atomic mass is 79.9. The fourth-order valence-electron chi connectivity index (χ4n) is 2.29. The first-order valence-corrected chi connectivity index (χ1v) is 8.70. The van der Waals surface area contributed by atoms with Gasteiger partial charge in [-0.25, -0.2) is 4.99 Å². The lowest BCUT2D eigenvalue weighted by Crippen LogP contribution is -2.39. The number of benzene rings is 1. The number of anilines is 1. The number of hydrogen-bond donors (Lipinski definition) is 1. The lowest BCUT2D eigenvalue weighted by molar-refractivity contribution is -0.774. The quantitative estimate of drug-likeness (QED) is 0.370. The lowest BCUT2D eigenvalue weighted by Gasteiger charge is -2.13. The van der Waals surface area contributed by atoms with Crippen molar-refractivity contribution in [2.45, 2.75) is 19.1 Å². The van der Waals surface area contributed by atoms with Crippen LogP contribution in [-0.4, -0.2) is 16.3 Å². The number of rotatable bonds is 4. The molecule has 3 rings (SSSR count). The number of alkyl halides is 3. The molecule has 28 heavy (non-hydrogen) atoms. The summed E-state index contributed by atoms with van der Waals surface area (Å²) in [6.07, 6.45) is -1.41. The molecular weight excluding hydrogens is 443 g/mol. The summed E-state index contributed by atoms with van der Waals surface area (Å²) >= 11 is 3.36. The molecule has 0 bridgehead atoms. The van der Waals surface area contributed by atoms with Crippen molar-refractivity contribution in [1.29, 1.82) is 0 Å². The Kier molecular flexibility index (Phi) is 5.63. The zero-order valence-corrected chi connectivity index (χ0v) is 15.9. The molecule has 0 amide bonds. The van der Waals surface area contributed by atoms with Crippen molar-refractivity contribution in [2.75, 3.05) is 5.32 Å². The van der Waals surface area contributed by atoms with Crippen molar-refractivity contribution in [3.8, 4) is 0 Å². The van der Waals surface area contributed by atoms with Gasteiger partial charge in [-0.15, -0.1) is 0 Å². The van der Waals surface area contributed by atoms with Gasteiger partial charge in [-0.2, -0.15) is 13.2 Å². The van der Waals surface area contributed by atoms with Gasteiger partial charge >= 0.3 is 12.1 Å². The van der Waals surface area contributed by atoms with Gasteiger partial charge in [0.15, 0.2) is 0 Å². The van der Waals surface area contributed by atoms with E-state index in [-0.39, 0.29) is 17.6 Å². The molecule has 0 saturated carbocycles. The number of halogens is 4. The van der Waals surface area contributed by atoms with Crippen LogP contribution >= 0.6 is 15.9 Å². The van der Waals surface area contributed by atoms with Crippen LogP contribution in [0.2, 0.25) is 0 Å². The summed E-state index contributed by atoms with van der Waals surface area (Å²) in [6, 6.07) is 7.23. The van der Waals surface area contributed by atoms with Gasteiger partial charge in [0.1, 0.15) is 0 Å². The zero-order valence-electron chi connectivity index (χ0n) is 14.3. The largest absolute Gasteiger partial charge is 0.846 e. The van der Waals surface area contributed by atoms with E-state index in [2.05, 4.69) is 36.5 Å². The summed E-state index contributed by atoms with van der Waals surface area (Å²) < 4.78 is 45.5. The molecule has 1 atom stereocenters. The first-order chi connectivity index (χ1) is 13.2. The van der Waals surface area contributed by atoms with E-state index in [0.29, 0.717) is 6.20 Å². The van der Waals surface area contributed by atoms with E-state index < -0.39 is 17.8 Å². The second-order valence-electron chi connectivity index (χ2n) is 5.75. The molecule has 1 N–H and O–H groups in total. The van der Waals surface area contributed by atoms with Crippen LogP contribution in [-0.2, 0) is 6.18 Å². The average molecular weight is 456 g/mol. The Bertz CT molecular complexity index is 989. The average Bonchev–Trinajstić information content (AvgIpc) is 3.09. The number of nitrogens with one attached hydrogen (secondary N) is 1. The Hall–Kier alpha value is -2.95. The predicted octanol–water partition coefficient (Wildman–Crippen LogP) is 3.21. The van der Waals surface area contributed by atoms with E-state index in [4.69, 9.17) is 4.52 Å². The molecule has 2 heterocycles. The third kappa shape index (κ3) is 4.85. The van der Waals surface area contributed by atoms with Gasteiger partial charge in [0.05, 0.1) is 23.5 Å². The Morgan fingerprint density at radius 1 is 1.29 bits per heavy atom. The normalized spacial score (nSPS) is 13.4. The van der Waals surface area contributed by atoms with Gasteiger partial charge in [0.2, 0.25) is 11.3 Å². The van der Waals surface area contributed by atoms with Crippen molar-refractivity contribution >= 4 is 33.5 Å². The van der Waals surface area contributed by atoms with E-state index in [9.17, 15) is 18.3 Å². The van der Waals surface area contributed by atoms with E-state index in [0.717, 1.165) is 22.3 Å². The Morgan fingerprint density at radius 3 is 2.68 bits per heavy atom. The number of amidine groups is 1. The van der Waals surface area contributed by atoms with Crippen molar-refractivity contribution in [3.63, 3.8) is 0 Å². The molecule has 0 aliphatic rings. The van der Waals surface area contributed by atoms with Crippen molar-refractivity contribution < 1.29 is 27.5 Å². The summed E-state index contributed by atoms with van der Waals surface area (Å²) in [4.78, 5) is 7.10. The minimum absolute atomic E-state index is 0.0959. The van der Waals surface area contributed by atoms with Gasteiger partial charge in [-0.3, -0.25) is 9.51 Å². The van der Waals surface area contributed by atoms with Gasteiger partial charge in [0, 0.05) is 23.2 Å². The molecule has 7 nitrogen and oxygen atoms in total. The van der Waals surface area contributed by atoms with Crippen LogP contribution in [0.15, 0.2) is 62.9 Å². The van der Waals surface area contributed by atoms with Crippen LogP contribution in [0, 0.1) is 0 Å². The molecular formula is C17H13BrF3N5O2. The highest BCUT2D eigenvalue weighted by Gasteiger charge is 2.31. The topological polar surface area (TPSA) is 90.2 Å². The maximum atomic E-state index is 12.7. The molecule has 0 aliphatic carbocycles. The number of aromatic nitrogens is 3. The van der Waals surface area contributed by atoms with Crippen molar-refractivity contribution in [2.24, 2.45) is 4.99 Å². The Labute approximate surface area is 165 Å². The van der Waals surface area contributed by atoms with E-state index >= 15 is 0 Å². The van der Waals surface area contributed by atoms with Gasteiger partial charge in [-0.05, 0) is 22.9 Å². The minimum Gasteiger partial charge on any atom is -0.846 e. The second kappa shape index (κ2) is 7.97. The van der Waals surface area contributed by atoms with E-state index in [1.54, 1.807) is 0 Å². The summed E-state index contributed by atoms with van der Waals surface area (Å²) in [7, 11) is 0. The van der Waals surface area contributed by atoms with Crippen LogP contribution in [0.3, 0.4) is 0 Å². The molecule has 0 aliphatic heterocycles. The fourth-order valence-corrected chi connectivity index (χ4v) is 2.55. The van der Waals surface area contributed by atoms with Crippen LogP contribution < -0.4 is 15.1 Å². The monoisotopic (exact) mass is 455 g/mol. The molecule has 1 unspecified atom stereocenters. The SMILES string of the molecule is CC(c1ccc(Br)cc1)[n+]1cc(N=C([O-])Nc2cncc(C(F)(F)F)c2)on1. The van der Waals surface area contributed by atoms with Crippen LogP contribution in [0.5, 0.6) is 0 Å². The summed E-state index contributed by atoms with van der Waals surface area (Å²) in [5.41, 5.74) is -0.169. The third-order valence-corrected chi connectivity index (χ3v) is 4.28. The summed E-state index contributed by atoms with van der Waals surface area (Å²) in [6.45, 7) is 1.88. The number of aliphatic imine (C=N–C) groups is 1. The number of hydrogen-bond acceptors (Lipinski definition) is 5. The highest BCUT2D eigenvalue weighted by Crippen LogP contribution is 2.29. The number of nitrogens with zero attached hydrogens (tertiary/aromatic N) is 4. The zero-order chi connectivity index (χ0) is 20.3. The van der Waals surface area contributed by atoms with Crippen LogP contribution in [0.1, 0.15) is 24.1 Å². The molecule has 3 aromatic rings. The smallest absolute Gasteiger partial charge is 0.417 e. The lowest BCUT2D eigenvalue weighted by atomic mass is 10.1. The standard InChI is InChI=1S/C17H13BrF3N5O2/c1-10(11-2-4-13(18)5-3-11)26-9-15(28-25-26)24-16(27)23-14-6-12(7-22-8-14)17(19,20)21/h2-10H,1H3,(H-,23,24,25,27).